The van der Waals surface area contributed by atoms with E-state index in [2.05, 4.69) is 10.3 Å². The zero-order valence-electron chi connectivity index (χ0n) is 12.2. The molecule has 1 saturated heterocycles. The third-order valence-corrected chi connectivity index (χ3v) is 4.02. The predicted molar refractivity (Wildman–Crippen MR) is 92.0 cm³/mol. The van der Waals surface area contributed by atoms with Crippen LogP contribution in [0, 0.1) is 10.1 Å². The van der Waals surface area contributed by atoms with Crippen LogP contribution in [0.1, 0.15) is 5.56 Å². The molecule has 0 spiro atoms. The largest absolute Gasteiger partial charge is 0.508 e. The van der Waals surface area contributed by atoms with Gasteiger partial charge in [0, 0.05) is 12.1 Å². The number of nitrogens with one attached hydrogen (secondary N) is 1. The molecule has 0 aliphatic carbocycles. The van der Waals surface area contributed by atoms with Gasteiger partial charge in [0.05, 0.1) is 15.5 Å². The molecular weight excluding hydrogens is 330 g/mol. The van der Waals surface area contributed by atoms with E-state index in [1.807, 2.05) is 0 Å². The minimum Gasteiger partial charge on any atom is -0.508 e. The van der Waals surface area contributed by atoms with Crippen LogP contribution in [0.3, 0.4) is 0 Å². The van der Waals surface area contributed by atoms with Gasteiger partial charge in [-0.3, -0.25) is 14.9 Å². The maximum atomic E-state index is 12.0. The molecular formula is C16H11N3O4S. The molecule has 120 valence electrons. The number of carbonyl (C=O) groups is 1. The highest BCUT2D eigenvalue weighted by Crippen LogP contribution is 2.29. The maximum Gasteiger partial charge on any atom is 0.269 e. The van der Waals surface area contributed by atoms with E-state index in [4.69, 9.17) is 0 Å². The number of carbonyl (C=O) groups excluding carboxylic acids is 1. The molecule has 2 aromatic carbocycles. The van der Waals surface area contributed by atoms with Crippen LogP contribution in [0.5, 0.6) is 5.75 Å². The van der Waals surface area contributed by atoms with Crippen molar-refractivity contribution in [3.05, 3.63) is 69.1 Å². The summed E-state index contributed by atoms with van der Waals surface area (Å²) in [6.45, 7) is 0. The number of nitro groups is 1. The van der Waals surface area contributed by atoms with E-state index < -0.39 is 4.92 Å². The zero-order chi connectivity index (χ0) is 17.1. The van der Waals surface area contributed by atoms with E-state index in [1.54, 1.807) is 30.3 Å². The molecule has 0 unspecified atom stereocenters. The second kappa shape index (κ2) is 6.55. The van der Waals surface area contributed by atoms with E-state index >= 15 is 0 Å². The number of phenols is 1. The lowest BCUT2D eigenvalue weighted by Crippen LogP contribution is -2.19. The first-order chi connectivity index (χ1) is 11.5. The molecule has 1 heterocycles. The fraction of sp³-hybridized carbons (Fsp3) is 0. The van der Waals surface area contributed by atoms with E-state index in [9.17, 15) is 20.0 Å². The van der Waals surface area contributed by atoms with Gasteiger partial charge in [0.1, 0.15) is 5.75 Å². The molecule has 1 amide bonds. The molecule has 24 heavy (non-hydrogen) atoms. The fourth-order valence-electron chi connectivity index (χ4n) is 2.01. The summed E-state index contributed by atoms with van der Waals surface area (Å²) < 4.78 is 0. The molecule has 3 rings (SSSR count). The Kier molecular flexibility index (Phi) is 4.30. The fourth-order valence-corrected chi connectivity index (χ4v) is 2.85. The monoisotopic (exact) mass is 341 g/mol. The molecule has 0 saturated carbocycles. The number of aliphatic imine (C=N–C) groups is 1. The normalized spacial score (nSPS) is 17.2. The van der Waals surface area contributed by atoms with Crippen molar-refractivity contribution in [2.45, 2.75) is 0 Å². The second-order valence-corrected chi connectivity index (χ2v) is 5.88. The number of hydrogen-bond acceptors (Lipinski definition) is 6. The minimum absolute atomic E-state index is 0.0217. The van der Waals surface area contributed by atoms with E-state index in [-0.39, 0.29) is 17.3 Å². The van der Waals surface area contributed by atoms with Gasteiger partial charge in [-0.2, -0.15) is 0 Å². The summed E-state index contributed by atoms with van der Waals surface area (Å²) in [5.74, 6) is -0.170. The van der Waals surface area contributed by atoms with Crippen molar-refractivity contribution in [3.63, 3.8) is 0 Å². The number of amidine groups is 1. The number of phenolic OH excluding ortho intramolecular Hbond substituents is 1. The Morgan fingerprint density at radius 1 is 1.21 bits per heavy atom. The van der Waals surface area contributed by atoms with Gasteiger partial charge in [-0.15, -0.1) is 0 Å². The topological polar surface area (TPSA) is 105 Å². The molecule has 1 aliphatic heterocycles. The summed E-state index contributed by atoms with van der Waals surface area (Å²) in [7, 11) is 0. The molecule has 7 nitrogen and oxygen atoms in total. The molecule has 1 fully saturated rings. The summed E-state index contributed by atoms with van der Waals surface area (Å²) >= 11 is 1.16. The first kappa shape index (κ1) is 15.8. The zero-order valence-corrected chi connectivity index (χ0v) is 13.0. The average Bonchev–Trinajstić information content (AvgIpc) is 2.87. The second-order valence-electron chi connectivity index (χ2n) is 4.85. The molecule has 0 radical (unpaired) electrons. The van der Waals surface area contributed by atoms with Crippen LogP contribution in [0.2, 0.25) is 0 Å². The summed E-state index contributed by atoms with van der Waals surface area (Å²) in [5.41, 5.74) is 1.18. The van der Waals surface area contributed by atoms with Crippen molar-refractivity contribution in [1.29, 1.82) is 0 Å². The van der Waals surface area contributed by atoms with Gasteiger partial charge in [-0.25, -0.2) is 4.99 Å². The first-order valence-electron chi connectivity index (χ1n) is 6.84. The molecule has 0 aromatic heterocycles. The summed E-state index contributed by atoms with van der Waals surface area (Å²) in [5, 5.41) is 23.1. The molecule has 0 atom stereocenters. The quantitative estimate of drug-likeness (QED) is 0.507. The summed E-state index contributed by atoms with van der Waals surface area (Å²) in [6.07, 6.45) is 1.65. The van der Waals surface area contributed by atoms with Crippen molar-refractivity contribution in [2.24, 2.45) is 4.99 Å². The van der Waals surface area contributed by atoms with Gasteiger partial charge in [0.2, 0.25) is 0 Å². The standard InChI is InChI=1S/C16H11N3O4S/c20-13-3-1-2-10(8-13)9-14-15(21)18-16(24-14)17-11-4-6-12(7-5-11)19(22)23/h1-9,20H,(H,17,18,21)/b14-9-. The Bertz CT molecular complexity index is 875. The number of nitro benzene ring substituents is 1. The van der Waals surface area contributed by atoms with Crippen molar-refractivity contribution in [2.75, 3.05) is 0 Å². The average molecular weight is 341 g/mol. The Balaban J connectivity index is 1.80. The predicted octanol–water partition coefficient (Wildman–Crippen LogP) is 3.19. The third kappa shape index (κ3) is 3.61. The summed E-state index contributed by atoms with van der Waals surface area (Å²) in [6, 6.07) is 12.3. The number of aromatic hydroxyl groups is 1. The van der Waals surface area contributed by atoms with Crippen molar-refractivity contribution >= 4 is 40.3 Å². The third-order valence-electron chi connectivity index (χ3n) is 3.11. The van der Waals surface area contributed by atoms with Crippen LogP contribution >= 0.6 is 11.8 Å². The van der Waals surface area contributed by atoms with Crippen LogP contribution in [0.15, 0.2) is 58.4 Å². The Morgan fingerprint density at radius 2 is 1.96 bits per heavy atom. The van der Waals surface area contributed by atoms with Crippen molar-refractivity contribution in [3.8, 4) is 5.75 Å². The van der Waals surface area contributed by atoms with Gasteiger partial charge < -0.3 is 10.4 Å². The van der Waals surface area contributed by atoms with Crippen molar-refractivity contribution in [1.82, 2.24) is 5.32 Å². The van der Waals surface area contributed by atoms with Gasteiger partial charge in [-0.1, -0.05) is 12.1 Å². The lowest BCUT2D eigenvalue weighted by molar-refractivity contribution is -0.384. The number of thioether (sulfide) groups is 1. The minimum atomic E-state index is -0.487. The number of amides is 1. The van der Waals surface area contributed by atoms with Crippen LogP contribution < -0.4 is 5.32 Å². The van der Waals surface area contributed by atoms with Gasteiger partial charge in [0.15, 0.2) is 5.17 Å². The highest BCUT2D eigenvalue weighted by Gasteiger charge is 2.23. The van der Waals surface area contributed by atoms with E-state index in [0.717, 1.165) is 11.8 Å². The number of benzene rings is 2. The lowest BCUT2D eigenvalue weighted by Gasteiger charge is -1.96. The van der Waals surface area contributed by atoms with Crippen LogP contribution in [0.4, 0.5) is 11.4 Å². The molecule has 2 aromatic rings. The highest BCUT2D eigenvalue weighted by molar-refractivity contribution is 8.18. The van der Waals surface area contributed by atoms with Crippen LogP contribution in [-0.2, 0) is 4.79 Å². The Morgan fingerprint density at radius 3 is 2.62 bits per heavy atom. The Hall–Kier alpha value is -3.13. The van der Waals surface area contributed by atoms with Crippen LogP contribution in [0.25, 0.3) is 6.08 Å². The van der Waals surface area contributed by atoms with Gasteiger partial charge in [-0.05, 0) is 47.7 Å². The van der Waals surface area contributed by atoms with Crippen LogP contribution in [-0.4, -0.2) is 21.1 Å². The van der Waals surface area contributed by atoms with Crippen molar-refractivity contribution < 1.29 is 14.8 Å². The number of rotatable bonds is 3. The molecule has 2 N–H and O–H groups in total. The smallest absolute Gasteiger partial charge is 0.269 e. The van der Waals surface area contributed by atoms with Gasteiger partial charge in [0.25, 0.3) is 11.6 Å². The lowest BCUT2D eigenvalue weighted by atomic mass is 10.2. The molecule has 0 bridgehead atoms. The molecule has 1 aliphatic rings. The number of nitrogens with zero attached hydrogens (tertiary/aromatic N) is 2. The molecule has 8 heteroatoms. The first-order valence-corrected chi connectivity index (χ1v) is 7.66. The maximum absolute atomic E-state index is 12.0. The van der Waals surface area contributed by atoms with E-state index in [0.29, 0.717) is 21.3 Å². The Labute approximate surface area is 140 Å². The summed E-state index contributed by atoms with van der Waals surface area (Å²) in [4.78, 5) is 26.8. The number of hydrogen-bond donors (Lipinski definition) is 2. The number of non-ortho nitro benzene ring substituents is 1. The highest BCUT2D eigenvalue weighted by atomic mass is 32.2. The van der Waals surface area contributed by atoms with Gasteiger partial charge >= 0.3 is 0 Å². The van der Waals surface area contributed by atoms with E-state index in [1.165, 1.54) is 24.3 Å². The SMILES string of the molecule is O=C1NC(=Nc2ccc([N+](=O)[O-])cc2)S/C1=C\c1cccc(O)c1.